The van der Waals surface area contributed by atoms with E-state index in [0.29, 0.717) is 0 Å². The first-order valence-corrected chi connectivity index (χ1v) is 4.50. The minimum Gasteiger partial charge on any atom is -0.327 e. The maximum atomic E-state index is 13.3. The summed E-state index contributed by atoms with van der Waals surface area (Å²) in [6, 6.07) is -0.172. The topological polar surface area (TPSA) is 38.9 Å². The lowest BCUT2D eigenvalue weighted by Crippen LogP contribution is -2.07. The van der Waals surface area contributed by atoms with Gasteiger partial charge in [-0.15, -0.1) is 0 Å². The van der Waals surface area contributed by atoms with E-state index in [1.807, 2.05) is 13.8 Å². The molecule has 0 radical (unpaired) electrons. The van der Waals surface area contributed by atoms with E-state index in [4.69, 9.17) is 5.73 Å². The van der Waals surface area contributed by atoms with Gasteiger partial charge >= 0.3 is 0 Å². The Morgan fingerprint density at radius 2 is 1.71 bits per heavy atom. The van der Waals surface area contributed by atoms with Gasteiger partial charge in [-0.3, -0.25) is 4.98 Å². The first-order chi connectivity index (χ1) is 6.46. The molecule has 1 heterocycles. The number of hydrogen-bond acceptors (Lipinski definition) is 2. The molecule has 0 spiro atoms. The highest BCUT2D eigenvalue weighted by molar-refractivity contribution is 5.34. The molecule has 0 bridgehead atoms. The van der Waals surface area contributed by atoms with Crippen molar-refractivity contribution in [1.29, 1.82) is 0 Å². The van der Waals surface area contributed by atoms with Crippen molar-refractivity contribution in [2.24, 2.45) is 11.1 Å². The molecule has 2 atom stereocenters. The fraction of sp³-hybridized carbons (Fsp3) is 0.500. The minimum atomic E-state index is -0.601. The number of nitrogens with two attached hydrogens (primary N) is 1. The predicted molar refractivity (Wildman–Crippen MR) is 48.7 cm³/mol. The predicted octanol–water partition coefficient (Wildman–Crippen LogP) is 1.81. The van der Waals surface area contributed by atoms with Crippen LogP contribution in [0.15, 0.2) is 12.4 Å². The third-order valence-corrected chi connectivity index (χ3v) is 3.11. The van der Waals surface area contributed by atoms with Crippen LogP contribution in [0.1, 0.15) is 25.3 Å². The maximum Gasteiger partial charge on any atom is 0.147 e. The molecule has 76 valence electrons. The third-order valence-electron chi connectivity index (χ3n) is 3.11. The SMILES string of the molecule is CC1(C)C(N)C1c1c(F)cncc1F. The largest absolute Gasteiger partial charge is 0.327 e. The Balaban J connectivity index is 2.44. The number of rotatable bonds is 1. The first kappa shape index (κ1) is 9.52. The Bertz CT molecular complexity index is 356. The highest BCUT2D eigenvalue weighted by Crippen LogP contribution is 2.58. The van der Waals surface area contributed by atoms with E-state index in [-0.39, 0.29) is 22.9 Å². The average molecular weight is 198 g/mol. The lowest BCUT2D eigenvalue weighted by molar-refractivity contribution is 0.523. The molecular weight excluding hydrogens is 186 g/mol. The molecule has 1 fully saturated rings. The summed E-state index contributed by atoms with van der Waals surface area (Å²) < 4.78 is 26.6. The summed E-state index contributed by atoms with van der Waals surface area (Å²) in [6.45, 7) is 3.81. The average Bonchev–Trinajstić information content (AvgIpc) is 2.54. The van der Waals surface area contributed by atoms with E-state index < -0.39 is 11.6 Å². The molecular formula is C10H12F2N2. The standard InChI is InChI=1S/C10H12F2N2/c1-10(2)8(9(10)13)7-5(11)3-14-4-6(7)12/h3-4,8-9H,13H2,1-2H3. The summed E-state index contributed by atoms with van der Waals surface area (Å²) in [4.78, 5) is 3.44. The summed E-state index contributed by atoms with van der Waals surface area (Å²) in [5.74, 6) is -1.43. The van der Waals surface area contributed by atoms with Gasteiger partial charge in [0.15, 0.2) is 0 Å². The molecule has 4 heteroatoms. The Morgan fingerprint density at radius 1 is 1.29 bits per heavy atom. The molecule has 0 aliphatic heterocycles. The molecule has 1 aliphatic carbocycles. The van der Waals surface area contributed by atoms with Crippen LogP contribution in [0, 0.1) is 17.0 Å². The molecule has 0 aromatic carbocycles. The molecule has 2 unspecified atom stereocenters. The van der Waals surface area contributed by atoms with Gasteiger partial charge in [0, 0.05) is 17.5 Å². The summed E-state index contributed by atoms with van der Waals surface area (Å²) in [6.07, 6.45) is 2.05. The number of hydrogen-bond donors (Lipinski definition) is 1. The smallest absolute Gasteiger partial charge is 0.147 e. The highest BCUT2D eigenvalue weighted by atomic mass is 19.1. The monoisotopic (exact) mass is 198 g/mol. The van der Waals surface area contributed by atoms with E-state index >= 15 is 0 Å². The van der Waals surface area contributed by atoms with Crippen LogP contribution >= 0.6 is 0 Å². The van der Waals surface area contributed by atoms with Crippen molar-refractivity contribution in [2.45, 2.75) is 25.8 Å². The Hall–Kier alpha value is -1.03. The van der Waals surface area contributed by atoms with Crippen LogP contribution in [-0.4, -0.2) is 11.0 Å². The Morgan fingerprint density at radius 3 is 2.07 bits per heavy atom. The lowest BCUT2D eigenvalue weighted by Gasteiger charge is -2.04. The number of halogens is 2. The zero-order valence-electron chi connectivity index (χ0n) is 8.09. The van der Waals surface area contributed by atoms with Gasteiger partial charge in [0.05, 0.1) is 12.4 Å². The van der Waals surface area contributed by atoms with Crippen molar-refractivity contribution >= 4 is 0 Å². The number of aromatic nitrogens is 1. The van der Waals surface area contributed by atoms with Crippen LogP contribution in [0.5, 0.6) is 0 Å². The second-order valence-electron chi connectivity index (χ2n) is 4.34. The molecule has 2 rings (SSSR count). The molecule has 1 aliphatic rings. The van der Waals surface area contributed by atoms with Crippen LogP contribution in [0.4, 0.5) is 8.78 Å². The van der Waals surface area contributed by atoms with Gasteiger partial charge in [-0.05, 0) is 5.41 Å². The quantitative estimate of drug-likeness (QED) is 0.747. The van der Waals surface area contributed by atoms with Crippen molar-refractivity contribution in [2.75, 3.05) is 0 Å². The molecule has 1 saturated carbocycles. The second kappa shape index (κ2) is 2.73. The second-order valence-corrected chi connectivity index (χ2v) is 4.34. The van der Waals surface area contributed by atoms with Gasteiger partial charge in [-0.25, -0.2) is 8.78 Å². The number of nitrogens with zero attached hydrogens (tertiary/aromatic N) is 1. The van der Waals surface area contributed by atoms with Gasteiger partial charge in [-0.2, -0.15) is 0 Å². The van der Waals surface area contributed by atoms with Gasteiger partial charge in [0.25, 0.3) is 0 Å². The fourth-order valence-electron chi connectivity index (χ4n) is 1.95. The minimum absolute atomic E-state index is 0.0810. The zero-order chi connectivity index (χ0) is 10.5. The maximum absolute atomic E-state index is 13.3. The van der Waals surface area contributed by atoms with Crippen molar-refractivity contribution < 1.29 is 8.78 Å². The molecule has 2 nitrogen and oxygen atoms in total. The highest BCUT2D eigenvalue weighted by Gasteiger charge is 2.58. The molecule has 0 saturated heterocycles. The van der Waals surface area contributed by atoms with Gasteiger partial charge in [0.1, 0.15) is 11.6 Å². The Kier molecular flexibility index (Phi) is 1.86. The Labute approximate surface area is 81.1 Å². The van der Waals surface area contributed by atoms with Gasteiger partial charge in [0.2, 0.25) is 0 Å². The van der Waals surface area contributed by atoms with Crippen LogP contribution in [-0.2, 0) is 0 Å². The van der Waals surface area contributed by atoms with Gasteiger partial charge < -0.3 is 5.73 Å². The van der Waals surface area contributed by atoms with Crippen LogP contribution < -0.4 is 5.73 Å². The molecule has 1 aromatic heterocycles. The summed E-state index contributed by atoms with van der Waals surface area (Å²) in [7, 11) is 0. The zero-order valence-corrected chi connectivity index (χ0v) is 8.09. The molecule has 0 amide bonds. The lowest BCUT2D eigenvalue weighted by atomic mass is 10.0. The van der Waals surface area contributed by atoms with E-state index in [0.717, 1.165) is 12.4 Å². The van der Waals surface area contributed by atoms with Crippen molar-refractivity contribution in [3.8, 4) is 0 Å². The summed E-state index contributed by atoms with van der Waals surface area (Å²) in [5, 5.41) is 0. The van der Waals surface area contributed by atoms with Crippen molar-refractivity contribution in [3.05, 3.63) is 29.6 Å². The first-order valence-electron chi connectivity index (χ1n) is 4.50. The molecule has 14 heavy (non-hydrogen) atoms. The van der Waals surface area contributed by atoms with Crippen LogP contribution in [0.25, 0.3) is 0 Å². The number of pyridine rings is 1. The summed E-state index contributed by atoms with van der Waals surface area (Å²) >= 11 is 0. The third kappa shape index (κ3) is 1.14. The normalized spacial score (nSPS) is 28.9. The summed E-state index contributed by atoms with van der Waals surface area (Å²) in [5.41, 5.74) is 5.62. The van der Waals surface area contributed by atoms with Crippen molar-refractivity contribution in [1.82, 2.24) is 4.98 Å². The van der Waals surface area contributed by atoms with E-state index in [2.05, 4.69) is 4.98 Å². The van der Waals surface area contributed by atoms with E-state index in [1.165, 1.54) is 0 Å². The van der Waals surface area contributed by atoms with Crippen LogP contribution in [0.3, 0.4) is 0 Å². The van der Waals surface area contributed by atoms with E-state index in [1.54, 1.807) is 0 Å². The van der Waals surface area contributed by atoms with E-state index in [9.17, 15) is 8.78 Å². The van der Waals surface area contributed by atoms with Crippen LogP contribution in [0.2, 0.25) is 0 Å². The fourth-order valence-corrected chi connectivity index (χ4v) is 1.95. The van der Waals surface area contributed by atoms with Crippen molar-refractivity contribution in [3.63, 3.8) is 0 Å². The molecule has 1 aromatic rings. The van der Waals surface area contributed by atoms with Gasteiger partial charge in [-0.1, -0.05) is 13.8 Å². The molecule has 2 N–H and O–H groups in total.